The van der Waals surface area contributed by atoms with Gasteiger partial charge in [0, 0.05) is 19.6 Å². The molecule has 4 heteroatoms. The van der Waals surface area contributed by atoms with E-state index in [2.05, 4.69) is 41.4 Å². The molecule has 1 unspecified atom stereocenters. The van der Waals surface area contributed by atoms with Crippen LogP contribution >= 0.6 is 0 Å². The first-order valence-electron chi connectivity index (χ1n) is 7.93. The number of hydrogen-bond donors (Lipinski definition) is 2. The number of benzene rings is 1. The molecule has 3 rings (SSSR count). The van der Waals surface area contributed by atoms with Gasteiger partial charge in [0.1, 0.15) is 5.54 Å². The maximum atomic E-state index is 12.0. The predicted molar refractivity (Wildman–Crippen MR) is 81.9 cm³/mol. The van der Waals surface area contributed by atoms with Crippen LogP contribution in [0.25, 0.3) is 0 Å². The van der Waals surface area contributed by atoms with Crippen LogP contribution < -0.4 is 5.32 Å². The highest BCUT2D eigenvalue weighted by atomic mass is 16.4. The molecule has 1 heterocycles. The topological polar surface area (TPSA) is 52.6 Å². The molecule has 1 aromatic carbocycles. The molecule has 4 nitrogen and oxygen atoms in total. The molecular weight excluding hydrogens is 264 g/mol. The normalized spacial score (nSPS) is 21.0. The smallest absolute Gasteiger partial charge is 0.325 e. The van der Waals surface area contributed by atoms with Gasteiger partial charge < -0.3 is 10.4 Å². The van der Waals surface area contributed by atoms with Crippen molar-refractivity contribution in [2.75, 3.05) is 13.1 Å². The van der Waals surface area contributed by atoms with Gasteiger partial charge in [0.25, 0.3) is 0 Å². The SMILES string of the molecule is CCCNC(CN1Cc2ccccc2C1)(C(=O)O)C1CC1. The molecule has 2 aliphatic rings. The van der Waals surface area contributed by atoms with Crippen LogP contribution in [0, 0.1) is 5.92 Å². The molecule has 1 saturated carbocycles. The number of nitrogens with zero attached hydrogens (tertiary/aromatic N) is 1. The van der Waals surface area contributed by atoms with Gasteiger partial charge in [-0.25, -0.2) is 0 Å². The summed E-state index contributed by atoms with van der Waals surface area (Å²) >= 11 is 0. The standard InChI is InChI=1S/C17H24N2O2/c1-2-9-18-17(16(20)21,15-7-8-15)12-19-10-13-5-3-4-6-14(13)11-19/h3-6,15,18H,2,7-12H2,1H3,(H,20,21). The van der Waals surface area contributed by atoms with E-state index < -0.39 is 11.5 Å². The lowest BCUT2D eigenvalue weighted by molar-refractivity contribution is -0.147. The fourth-order valence-electron chi connectivity index (χ4n) is 3.44. The molecule has 2 N–H and O–H groups in total. The van der Waals surface area contributed by atoms with E-state index in [1.54, 1.807) is 0 Å². The monoisotopic (exact) mass is 288 g/mol. The lowest BCUT2D eigenvalue weighted by atomic mass is 9.92. The molecule has 1 aromatic rings. The van der Waals surface area contributed by atoms with Crippen molar-refractivity contribution in [1.29, 1.82) is 0 Å². The molecule has 0 bridgehead atoms. The van der Waals surface area contributed by atoms with Crippen LogP contribution in [0.5, 0.6) is 0 Å². The van der Waals surface area contributed by atoms with E-state index in [0.29, 0.717) is 6.54 Å². The summed E-state index contributed by atoms with van der Waals surface area (Å²) in [4.78, 5) is 14.3. The van der Waals surface area contributed by atoms with Crippen molar-refractivity contribution in [3.63, 3.8) is 0 Å². The zero-order chi connectivity index (χ0) is 14.9. The fourth-order valence-corrected chi connectivity index (χ4v) is 3.44. The van der Waals surface area contributed by atoms with E-state index in [1.807, 2.05) is 0 Å². The summed E-state index contributed by atoms with van der Waals surface area (Å²) in [7, 11) is 0. The predicted octanol–water partition coefficient (Wildman–Crippen LogP) is 2.24. The highest BCUT2D eigenvalue weighted by Crippen LogP contribution is 2.41. The second-order valence-electron chi connectivity index (χ2n) is 6.39. The molecule has 114 valence electrons. The number of carboxylic acid groups (broad SMARTS) is 1. The lowest BCUT2D eigenvalue weighted by Crippen LogP contribution is -2.60. The van der Waals surface area contributed by atoms with Crippen molar-refractivity contribution < 1.29 is 9.90 Å². The fraction of sp³-hybridized carbons (Fsp3) is 0.588. The van der Waals surface area contributed by atoms with Crippen LogP contribution in [0.1, 0.15) is 37.3 Å². The zero-order valence-electron chi connectivity index (χ0n) is 12.6. The Balaban J connectivity index is 1.75. The van der Waals surface area contributed by atoms with Crippen molar-refractivity contribution in [2.24, 2.45) is 5.92 Å². The molecule has 1 aliphatic carbocycles. The van der Waals surface area contributed by atoms with Crippen LogP contribution in [0.3, 0.4) is 0 Å². The highest BCUT2D eigenvalue weighted by molar-refractivity contribution is 5.80. The van der Waals surface area contributed by atoms with Gasteiger partial charge in [-0.3, -0.25) is 9.69 Å². The highest BCUT2D eigenvalue weighted by Gasteiger charge is 2.52. The molecule has 0 radical (unpaired) electrons. The third kappa shape index (κ3) is 2.83. The van der Waals surface area contributed by atoms with Crippen LogP contribution in [-0.4, -0.2) is 34.6 Å². The van der Waals surface area contributed by atoms with Gasteiger partial charge in [-0.2, -0.15) is 0 Å². The third-order valence-electron chi connectivity index (χ3n) is 4.73. The van der Waals surface area contributed by atoms with Gasteiger partial charge in [0.2, 0.25) is 0 Å². The quantitative estimate of drug-likeness (QED) is 0.808. The van der Waals surface area contributed by atoms with Crippen LogP contribution in [-0.2, 0) is 17.9 Å². The Labute approximate surface area is 126 Å². The van der Waals surface area contributed by atoms with E-state index >= 15 is 0 Å². The van der Waals surface area contributed by atoms with Crippen molar-refractivity contribution >= 4 is 5.97 Å². The Morgan fingerprint density at radius 1 is 1.33 bits per heavy atom. The third-order valence-corrected chi connectivity index (χ3v) is 4.73. The lowest BCUT2D eigenvalue weighted by Gasteiger charge is -2.34. The molecule has 1 fully saturated rings. The number of carboxylic acids is 1. The molecule has 21 heavy (non-hydrogen) atoms. The number of carbonyl (C=O) groups is 1. The molecule has 0 spiro atoms. The van der Waals surface area contributed by atoms with Gasteiger partial charge in [-0.05, 0) is 42.9 Å². The average molecular weight is 288 g/mol. The van der Waals surface area contributed by atoms with E-state index in [9.17, 15) is 9.90 Å². The van der Waals surface area contributed by atoms with E-state index in [1.165, 1.54) is 11.1 Å². The average Bonchev–Trinajstić information content (AvgIpc) is 3.23. The maximum absolute atomic E-state index is 12.0. The minimum atomic E-state index is -0.766. The largest absolute Gasteiger partial charge is 0.480 e. The van der Waals surface area contributed by atoms with Crippen LogP contribution in [0.4, 0.5) is 0 Å². The van der Waals surface area contributed by atoms with E-state index in [4.69, 9.17) is 0 Å². The first-order valence-corrected chi connectivity index (χ1v) is 7.93. The van der Waals surface area contributed by atoms with Gasteiger partial charge in [-0.15, -0.1) is 0 Å². The number of aliphatic carboxylic acids is 1. The molecule has 1 atom stereocenters. The summed E-state index contributed by atoms with van der Waals surface area (Å²) in [5, 5.41) is 13.2. The first kappa shape index (κ1) is 14.5. The van der Waals surface area contributed by atoms with Crippen molar-refractivity contribution in [3.05, 3.63) is 35.4 Å². The number of fused-ring (bicyclic) bond motifs is 1. The van der Waals surface area contributed by atoms with Crippen LogP contribution in [0.15, 0.2) is 24.3 Å². The molecular formula is C17H24N2O2. The van der Waals surface area contributed by atoms with Gasteiger partial charge in [0.05, 0.1) is 0 Å². The van der Waals surface area contributed by atoms with E-state index in [-0.39, 0.29) is 5.92 Å². The Morgan fingerprint density at radius 3 is 2.43 bits per heavy atom. The Kier molecular flexibility index (Phi) is 4.00. The van der Waals surface area contributed by atoms with Crippen molar-refractivity contribution in [1.82, 2.24) is 10.2 Å². The molecule has 1 aliphatic heterocycles. The summed E-state index contributed by atoms with van der Waals surface area (Å²) in [5.74, 6) is -0.403. The zero-order valence-corrected chi connectivity index (χ0v) is 12.6. The summed E-state index contributed by atoms with van der Waals surface area (Å²) in [6, 6.07) is 8.41. The van der Waals surface area contributed by atoms with Crippen LogP contribution in [0.2, 0.25) is 0 Å². The number of hydrogen-bond acceptors (Lipinski definition) is 3. The minimum absolute atomic E-state index is 0.283. The van der Waals surface area contributed by atoms with Crippen molar-refractivity contribution in [3.8, 4) is 0 Å². The molecule has 0 saturated heterocycles. The Hall–Kier alpha value is -1.39. The Morgan fingerprint density at radius 2 is 1.95 bits per heavy atom. The summed E-state index contributed by atoms with van der Waals surface area (Å²) in [6.07, 6.45) is 3.02. The maximum Gasteiger partial charge on any atom is 0.325 e. The molecule has 0 aromatic heterocycles. The van der Waals surface area contributed by atoms with E-state index in [0.717, 1.165) is 38.9 Å². The molecule has 0 amide bonds. The second-order valence-corrected chi connectivity index (χ2v) is 6.39. The number of nitrogens with one attached hydrogen (secondary N) is 1. The summed E-state index contributed by atoms with van der Waals surface area (Å²) < 4.78 is 0. The summed E-state index contributed by atoms with van der Waals surface area (Å²) in [6.45, 7) is 5.18. The minimum Gasteiger partial charge on any atom is -0.480 e. The second kappa shape index (κ2) is 5.78. The summed E-state index contributed by atoms with van der Waals surface area (Å²) in [5.41, 5.74) is 1.91. The van der Waals surface area contributed by atoms with Gasteiger partial charge >= 0.3 is 5.97 Å². The van der Waals surface area contributed by atoms with Gasteiger partial charge in [-0.1, -0.05) is 31.2 Å². The van der Waals surface area contributed by atoms with Crippen molar-refractivity contribution in [2.45, 2.75) is 44.8 Å². The number of rotatable bonds is 7. The Bertz CT molecular complexity index is 502. The first-order chi connectivity index (χ1) is 10.2. The van der Waals surface area contributed by atoms with Gasteiger partial charge in [0.15, 0.2) is 0 Å².